The number of fused-ring (bicyclic) bond motifs is 1. The van der Waals surface area contributed by atoms with Crippen molar-refractivity contribution in [2.24, 2.45) is 0 Å². The van der Waals surface area contributed by atoms with Crippen LogP contribution in [0, 0.1) is 0 Å². The Morgan fingerprint density at radius 2 is 1.62 bits per heavy atom. The van der Waals surface area contributed by atoms with Crippen LogP contribution in [0.15, 0.2) is 59.7 Å². The lowest BCUT2D eigenvalue weighted by Gasteiger charge is -2.19. The maximum atomic E-state index is 12.5. The molecule has 0 radical (unpaired) electrons. The summed E-state index contributed by atoms with van der Waals surface area (Å²) in [7, 11) is 0. The fourth-order valence-corrected chi connectivity index (χ4v) is 2.38. The molecule has 106 valence electrons. The predicted octanol–water partition coefficient (Wildman–Crippen LogP) is 3.68. The number of hydrogen-bond donors (Lipinski definition) is 0. The molecule has 3 nitrogen and oxygen atoms in total. The van der Waals surface area contributed by atoms with Crippen LogP contribution >= 0.6 is 0 Å². The molecule has 0 atom stereocenters. The van der Waals surface area contributed by atoms with E-state index in [9.17, 15) is 4.79 Å². The highest BCUT2D eigenvalue weighted by molar-refractivity contribution is 5.77. The highest BCUT2D eigenvalue weighted by atomic mass is 16.1. The van der Waals surface area contributed by atoms with E-state index in [1.807, 2.05) is 36.4 Å². The van der Waals surface area contributed by atoms with Gasteiger partial charge in [-0.2, -0.15) is 0 Å². The number of rotatable bonds is 1. The van der Waals surface area contributed by atoms with Crippen molar-refractivity contribution < 1.29 is 0 Å². The topological polar surface area (TPSA) is 34.9 Å². The van der Waals surface area contributed by atoms with E-state index in [2.05, 4.69) is 37.9 Å². The van der Waals surface area contributed by atoms with Gasteiger partial charge in [-0.15, -0.1) is 0 Å². The Labute approximate surface area is 123 Å². The predicted molar refractivity (Wildman–Crippen MR) is 86.0 cm³/mol. The molecule has 0 saturated carbocycles. The highest BCUT2D eigenvalue weighted by Gasteiger charge is 2.13. The first-order valence-corrected chi connectivity index (χ1v) is 7.04. The van der Waals surface area contributed by atoms with Crippen LogP contribution in [0.3, 0.4) is 0 Å². The third kappa shape index (κ3) is 2.47. The van der Waals surface area contributed by atoms with Crippen molar-refractivity contribution in [3.05, 3.63) is 70.8 Å². The Hall–Kier alpha value is -2.42. The first-order chi connectivity index (χ1) is 9.97. The van der Waals surface area contributed by atoms with Gasteiger partial charge in [0.25, 0.3) is 5.56 Å². The second-order valence-electron chi connectivity index (χ2n) is 6.23. The highest BCUT2D eigenvalue weighted by Crippen LogP contribution is 2.22. The maximum absolute atomic E-state index is 12.5. The van der Waals surface area contributed by atoms with Gasteiger partial charge in [0.2, 0.25) is 0 Å². The number of hydrogen-bond acceptors (Lipinski definition) is 2. The van der Waals surface area contributed by atoms with E-state index < -0.39 is 0 Å². The Morgan fingerprint density at radius 3 is 2.29 bits per heavy atom. The van der Waals surface area contributed by atoms with E-state index in [0.717, 1.165) is 11.2 Å². The van der Waals surface area contributed by atoms with Crippen molar-refractivity contribution >= 4 is 10.9 Å². The molecule has 0 amide bonds. The molecule has 1 aromatic heterocycles. The van der Waals surface area contributed by atoms with Crippen molar-refractivity contribution in [2.75, 3.05) is 0 Å². The second-order valence-corrected chi connectivity index (χ2v) is 6.23. The zero-order valence-corrected chi connectivity index (χ0v) is 12.5. The first kappa shape index (κ1) is 13.6. The number of benzene rings is 2. The fraction of sp³-hybridized carbons (Fsp3) is 0.222. The smallest absolute Gasteiger partial charge is 0.265 e. The minimum absolute atomic E-state index is 0.0379. The number of aromatic nitrogens is 2. The Kier molecular flexibility index (Phi) is 3.13. The zero-order valence-electron chi connectivity index (χ0n) is 12.5. The van der Waals surface area contributed by atoms with Crippen LogP contribution < -0.4 is 5.56 Å². The minimum atomic E-state index is -0.0379. The first-order valence-electron chi connectivity index (χ1n) is 7.04. The molecule has 0 aliphatic rings. The van der Waals surface area contributed by atoms with Crippen LogP contribution in [0.25, 0.3) is 16.6 Å². The molecule has 0 aliphatic heterocycles. The monoisotopic (exact) mass is 278 g/mol. The van der Waals surface area contributed by atoms with E-state index in [-0.39, 0.29) is 11.0 Å². The fourth-order valence-electron chi connectivity index (χ4n) is 2.38. The SMILES string of the molecule is CC(C)(C)c1ccc(-n2cnc3ccccc3c2=O)cc1. The summed E-state index contributed by atoms with van der Waals surface area (Å²) in [4.78, 5) is 16.9. The molecule has 2 aromatic carbocycles. The molecule has 0 unspecified atom stereocenters. The van der Waals surface area contributed by atoms with Crippen LogP contribution in [0.1, 0.15) is 26.3 Å². The summed E-state index contributed by atoms with van der Waals surface area (Å²) in [5.41, 5.74) is 2.87. The lowest BCUT2D eigenvalue weighted by molar-refractivity contribution is 0.590. The van der Waals surface area contributed by atoms with E-state index in [4.69, 9.17) is 0 Å². The standard InChI is InChI=1S/C18H18N2O/c1-18(2,3)13-8-10-14(11-9-13)20-12-19-16-7-5-4-6-15(16)17(20)21/h4-12H,1-3H3. The average Bonchev–Trinajstić information content (AvgIpc) is 2.47. The summed E-state index contributed by atoms with van der Waals surface area (Å²) >= 11 is 0. The normalized spacial score (nSPS) is 11.8. The molecule has 0 bridgehead atoms. The Morgan fingerprint density at radius 1 is 0.952 bits per heavy atom. The summed E-state index contributed by atoms with van der Waals surface area (Å²) in [6.45, 7) is 6.52. The van der Waals surface area contributed by atoms with E-state index in [1.54, 1.807) is 10.9 Å². The molecule has 0 fully saturated rings. The van der Waals surface area contributed by atoms with Crippen molar-refractivity contribution in [1.82, 2.24) is 9.55 Å². The Bertz CT molecular complexity index is 839. The Balaban J connectivity index is 2.13. The third-order valence-electron chi connectivity index (χ3n) is 3.68. The number of para-hydroxylation sites is 1. The van der Waals surface area contributed by atoms with Gasteiger partial charge in [-0.05, 0) is 35.2 Å². The van der Waals surface area contributed by atoms with Crippen molar-refractivity contribution in [3.63, 3.8) is 0 Å². The largest absolute Gasteiger partial charge is 0.268 e. The average molecular weight is 278 g/mol. The van der Waals surface area contributed by atoms with E-state index >= 15 is 0 Å². The summed E-state index contributed by atoms with van der Waals surface area (Å²) in [5, 5.41) is 0.639. The van der Waals surface area contributed by atoms with Crippen molar-refractivity contribution in [2.45, 2.75) is 26.2 Å². The van der Waals surface area contributed by atoms with Gasteiger partial charge in [-0.3, -0.25) is 9.36 Å². The van der Waals surface area contributed by atoms with Crippen LogP contribution in [-0.2, 0) is 5.41 Å². The van der Waals surface area contributed by atoms with Gasteiger partial charge in [-0.1, -0.05) is 45.0 Å². The van der Waals surface area contributed by atoms with Gasteiger partial charge in [-0.25, -0.2) is 4.98 Å². The van der Waals surface area contributed by atoms with Gasteiger partial charge < -0.3 is 0 Å². The van der Waals surface area contributed by atoms with Crippen LogP contribution in [0.5, 0.6) is 0 Å². The summed E-state index contributed by atoms with van der Waals surface area (Å²) in [6.07, 6.45) is 1.59. The lowest BCUT2D eigenvalue weighted by atomic mass is 9.87. The van der Waals surface area contributed by atoms with E-state index in [1.165, 1.54) is 5.56 Å². The molecule has 0 spiro atoms. The molecule has 0 aliphatic carbocycles. The van der Waals surface area contributed by atoms with Crippen molar-refractivity contribution in [1.29, 1.82) is 0 Å². The molecule has 0 saturated heterocycles. The molecule has 21 heavy (non-hydrogen) atoms. The third-order valence-corrected chi connectivity index (χ3v) is 3.68. The van der Waals surface area contributed by atoms with Crippen LogP contribution in [0.4, 0.5) is 0 Å². The van der Waals surface area contributed by atoms with Gasteiger partial charge in [0.15, 0.2) is 0 Å². The molecule has 3 rings (SSSR count). The summed E-state index contributed by atoms with van der Waals surface area (Å²) in [6, 6.07) is 15.5. The molecule has 3 heteroatoms. The van der Waals surface area contributed by atoms with Gasteiger partial charge >= 0.3 is 0 Å². The maximum Gasteiger partial charge on any atom is 0.265 e. The minimum Gasteiger partial charge on any atom is -0.268 e. The van der Waals surface area contributed by atoms with E-state index in [0.29, 0.717) is 5.39 Å². The summed E-state index contributed by atoms with van der Waals surface area (Å²) in [5.74, 6) is 0. The molecule has 3 aromatic rings. The molecular weight excluding hydrogens is 260 g/mol. The van der Waals surface area contributed by atoms with Crippen molar-refractivity contribution in [3.8, 4) is 5.69 Å². The molecule has 0 N–H and O–H groups in total. The second kappa shape index (κ2) is 4.85. The molecular formula is C18H18N2O. The zero-order chi connectivity index (χ0) is 15.0. The van der Waals surface area contributed by atoms with Gasteiger partial charge in [0, 0.05) is 0 Å². The quantitative estimate of drug-likeness (QED) is 0.680. The lowest BCUT2D eigenvalue weighted by Crippen LogP contribution is -2.19. The number of nitrogens with zero attached hydrogens (tertiary/aromatic N) is 2. The van der Waals surface area contributed by atoms with Gasteiger partial charge in [0.05, 0.1) is 16.6 Å². The van der Waals surface area contributed by atoms with Gasteiger partial charge in [0.1, 0.15) is 6.33 Å². The van der Waals surface area contributed by atoms with Crippen LogP contribution in [0.2, 0.25) is 0 Å². The van der Waals surface area contributed by atoms with Crippen LogP contribution in [-0.4, -0.2) is 9.55 Å². The molecule has 1 heterocycles. The summed E-state index contributed by atoms with van der Waals surface area (Å²) < 4.78 is 1.59.